The Morgan fingerprint density at radius 3 is 2.41 bits per heavy atom. The third kappa shape index (κ3) is 4.97. The number of nitrogens with one attached hydrogen (secondary N) is 1. The lowest BCUT2D eigenvalue weighted by Crippen LogP contribution is -2.45. The van der Waals surface area contributed by atoms with Crippen LogP contribution in [0, 0.1) is 12.8 Å². The van der Waals surface area contributed by atoms with E-state index in [1.165, 1.54) is 29.1 Å². The molecule has 7 heteroatoms. The first-order chi connectivity index (χ1) is 13.8. The smallest absolute Gasteiger partial charge is 0.243 e. The second kappa shape index (κ2) is 8.97. The molecule has 1 N–H and O–H groups in total. The predicted octanol–water partition coefficient (Wildman–Crippen LogP) is 3.28. The summed E-state index contributed by atoms with van der Waals surface area (Å²) in [4.78, 5) is 13.0. The maximum atomic E-state index is 13.0. The highest BCUT2D eigenvalue weighted by molar-refractivity contribution is 7.89. The van der Waals surface area contributed by atoms with Crippen molar-refractivity contribution in [2.24, 2.45) is 5.92 Å². The summed E-state index contributed by atoms with van der Waals surface area (Å²) in [5.74, 6) is 0.141. The Labute approximate surface area is 172 Å². The van der Waals surface area contributed by atoms with Crippen LogP contribution in [0.15, 0.2) is 53.4 Å². The lowest BCUT2D eigenvalue weighted by Gasteiger charge is -2.32. The second-order valence-corrected chi connectivity index (χ2v) is 9.46. The largest absolute Gasteiger partial charge is 0.497 e. The van der Waals surface area contributed by atoms with Crippen molar-refractivity contribution in [3.05, 3.63) is 59.7 Å². The van der Waals surface area contributed by atoms with Crippen molar-refractivity contribution < 1.29 is 17.9 Å². The number of carbonyl (C=O) groups excluding carboxylic acids is 1. The molecule has 0 aliphatic carbocycles. The van der Waals surface area contributed by atoms with E-state index in [0.717, 1.165) is 5.56 Å². The molecule has 2 aromatic rings. The number of ether oxygens (including phenoxy) is 1. The van der Waals surface area contributed by atoms with Crippen LogP contribution in [0.4, 0.5) is 0 Å². The number of carbonyl (C=O) groups is 1. The average Bonchev–Trinajstić information content (AvgIpc) is 2.74. The fourth-order valence-electron chi connectivity index (χ4n) is 3.54. The lowest BCUT2D eigenvalue weighted by atomic mass is 9.97. The molecular weight excluding hydrogens is 388 g/mol. The Hall–Kier alpha value is -2.38. The number of amides is 1. The van der Waals surface area contributed by atoms with Crippen molar-refractivity contribution in [1.82, 2.24) is 9.62 Å². The molecule has 0 radical (unpaired) electrons. The van der Waals surface area contributed by atoms with Crippen LogP contribution in [0.2, 0.25) is 0 Å². The maximum absolute atomic E-state index is 13.0. The topological polar surface area (TPSA) is 75.7 Å². The van der Waals surface area contributed by atoms with Crippen molar-refractivity contribution in [2.45, 2.75) is 37.6 Å². The van der Waals surface area contributed by atoms with Gasteiger partial charge >= 0.3 is 0 Å². The van der Waals surface area contributed by atoms with Crippen molar-refractivity contribution in [1.29, 1.82) is 0 Å². The molecular formula is C22H28N2O4S. The van der Waals surface area contributed by atoms with Crippen LogP contribution in [-0.4, -0.2) is 38.8 Å². The Morgan fingerprint density at radius 1 is 1.14 bits per heavy atom. The molecule has 1 saturated heterocycles. The van der Waals surface area contributed by atoms with E-state index < -0.39 is 10.0 Å². The number of aryl methyl sites for hydroxylation is 1. The van der Waals surface area contributed by atoms with Crippen LogP contribution in [-0.2, 0) is 14.8 Å². The first-order valence-electron chi connectivity index (χ1n) is 9.82. The Morgan fingerprint density at radius 2 is 1.79 bits per heavy atom. The van der Waals surface area contributed by atoms with Gasteiger partial charge < -0.3 is 10.1 Å². The van der Waals surface area contributed by atoms with Gasteiger partial charge in [0.2, 0.25) is 15.9 Å². The van der Waals surface area contributed by atoms with E-state index in [-0.39, 0.29) is 29.3 Å². The second-order valence-electron chi connectivity index (χ2n) is 7.52. The van der Waals surface area contributed by atoms with Crippen LogP contribution in [0.3, 0.4) is 0 Å². The maximum Gasteiger partial charge on any atom is 0.243 e. The van der Waals surface area contributed by atoms with E-state index in [9.17, 15) is 13.2 Å². The minimum Gasteiger partial charge on any atom is -0.497 e. The van der Waals surface area contributed by atoms with Gasteiger partial charge in [-0.1, -0.05) is 29.8 Å². The summed E-state index contributed by atoms with van der Waals surface area (Å²) in [6, 6.07) is 14.2. The minimum absolute atomic E-state index is 0.104. The van der Waals surface area contributed by atoms with Gasteiger partial charge in [-0.15, -0.1) is 0 Å². The SMILES string of the molecule is COc1ccc(S(=O)(=O)N2CCC[C@@H](C(=O)N[C@@H](C)c3ccc(C)cc3)C2)cc1. The molecule has 3 rings (SSSR count). The fourth-order valence-corrected chi connectivity index (χ4v) is 5.07. The standard InChI is InChI=1S/C22H28N2O4S/c1-16-6-8-18(9-7-16)17(2)23-22(25)19-5-4-14-24(15-19)29(26,27)21-12-10-20(28-3)11-13-21/h6-13,17,19H,4-5,14-15H2,1-3H3,(H,23,25)/t17-,19+/m0/s1. The van der Waals surface area contributed by atoms with Crippen LogP contribution in [0.5, 0.6) is 5.75 Å². The van der Waals surface area contributed by atoms with E-state index in [1.54, 1.807) is 12.1 Å². The highest BCUT2D eigenvalue weighted by atomic mass is 32.2. The molecule has 0 bridgehead atoms. The molecule has 1 heterocycles. The first kappa shape index (κ1) is 21.3. The fraction of sp³-hybridized carbons (Fsp3) is 0.409. The van der Waals surface area contributed by atoms with Gasteiger partial charge in [0.05, 0.1) is 24.0 Å². The average molecular weight is 417 g/mol. The molecule has 2 aromatic carbocycles. The monoisotopic (exact) mass is 416 g/mol. The van der Waals surface area contributed by atoms with Gasteiger partial charge in [-0.2, -0.15) is 4.31 Å². The minimum atomic E-state index is -3.64. The number of sulfonamides is 1. The number of hydrogen-bond donors (Lipinski definition) is 1. The van der Waals surface area contributed by atoms with Crippen molar-refractivity contribution in [2.75, 3.05) is 20.2 Å². The zero-order chi connectivity index (χ0) is 21.0. The van der Waals surface area contributed by atoms with Gasteiger partial charge in [-0.05, 0) is 56.5 Å². The highest BCUT2D eigenvalue weighted by Crippen LogP contribution is 2.26. The summed E-state index contributed by atoms with van der Waals surface area (Å²) in [5.41, 5.74) is 2.20. The normalized spacial score (nSPS) is 18.8. The summed E-state index contributed by atoms with van der Waals surface area (Å²) in [6.07, 6.45) is 1.34. The third-order valence-corrected chi connectivity index (χ3v) is 7.27. The van der Waals surface area contributed by atoms with E-state index in [0.29, 0.717) is 25.1 Å². The number of piperidine rings is 1. The molecule has 0 saturated carbocycles. The van der Waals surface area contributed by atoms with Crippen molar-refractivity contribution in [3.8, 4) is 5.75 Å². The summed E-state index contributed by atoms with van der Waals surface area (Å²) in [5, 5.41) is 3.04. The number of methoxy groups -OCH3 is 1. The van der Waals surface area contributed by atoms with E-state index in [2.05, 4.69) is 5.32 Å². The molecule has 1 amide bonds. The summed E-state index contributed by atoms with van der Waals surface area (Å²) in [7, 11) is -2.10. The van der Waals surface area contributed by atoms with E-state index in [1.807, 2.05) is 38.1 Å². The molecule has 6 nitrogen and oxygen atoms in total. The molecule has 0 aromatic heterocycles. The van der Waals surface area contributed by atoms with Gasteiger partial charge in [0, 0.05) is 13.1 Å². The van der Waals surface area contributed by atoms with Crippen LogP contribution in [0.25, 0.3) is 0 Å². The zero-order valence-electron chi connectivity index (χ0n) is 17.1. The quantitative estimate of drug-likeness (QED) is 0.784. The summed E-state index contributed by atoms with van der Waals surface area (Å²) in [6.45, 7) is 4.58. The van der Waals surface area contributed by atoms with Crippen molar-refractivity contribution >= 4 is 15.9 Å². The van der Waals surface area contributed by atoms with Gasteiger partial charge in [0.15, 0.2) is 0 Å². The number of hydrogen-bond acceptors (Lipinski definition) is 4. The molecule has 156 valence electrons. The van der Waals surface area contributed by atoms with E-state index >= 15 is 0 Å². The lowest BCUT2D eigenvalue weighted by molar-refractivity contribution is -0.126. The molecule has 0 spiro atoms. The molecule has 29 heavy (non-hydrogen) atoms. The van der Waals surface area contributed by atoms with Gasteiger partial charge in [-0.25, -0.2) is 8.42 Å². The Balaban J connectivity index is 1.67. The van der Waals surface area contributed by atoms with Gasteiger partial charge in [0.25, 0.3) is 0 Å². The Kier molecular flexibility index (Phi) is 6.59. The van der Waals surface area contributed by atoms with E-state index in [4.69, 9.17) is 4.74 Å². The van der Waals surface area contributed by atoms with Crippen molar-refractivity contribution in [3.63, 3.8) is 0 Å². The summed E-state index contributed by atoms with van der Waals surface area (Å²) >= 11 is 0. The molecule has 2 atom stereocenters. The number of benzene rings is 2. The van der Waals surface area contributed by atoms with Crippen LogP contribution < -0.4 is 10.1 Å². The zero-order valence-corrected chi connectivity index (χ0v) is 17.9. The molecule has 1 aliphatic heterocycles. The molecule has 1 fully saturated rings. The van der Waals surface area contributed by atoms with Crippen LogP contribution >= 0.6 is 0 Å². The Bertz CT molecular complexity index is 940. The number of nitrogens with zero attached hydrogens (tertiary/aromatic N) is 1. The van der Waals surface area contributed by atoms with Gasteiger partial charge in [-0.3, -0.25) is 4.79 Å². The third-order valence-electron chi connectivity index (χ3n) is 5.39. The first-order valence-corrected chi connectivity index (χ1v) is 11.3. The molecule has 0 unspecified atom stereocenters. The molecule has 1 aliphatic rings. The van der Waals surface area contributed by atoms with Gasteiger partial charge in [0.1, 0.15) is 5.75 Å². The number of rotatable bonds is 6. The summed E-state index contributed by atoms with van der Waals surface area (Å²) < 4.78 is 32.5. The van der Waals surface area contributed by atoms with Crippen LogP contribution in [0.1, 0.15) is 36.9 Å². The predicted molar refractivity (Wildman–Crippen MR) is 112 cm³/mol. The highest BCUT2D eigenvalue weighted by Gasteiger charge is 2.33.